The number of nitrogens with one attached hydrogen (secondary N) is 2. The third kappa shape index (κ3) is 3.35. The lowest BCUT2D eigenvalue weighted by atomic mass is 10.1. The third-order valence-corrected chi connectivity index (χ3v) is 3.64. The molecule has 3 rings (SSSR count). The standard InChI is InChI=1S/C17H14ClN3O/c18-15-7-2-1-4-12(15)11-17(22)20-14-6-3-5-13(10-14)16-8-9-19-21-16/h1-10H,11H2,(H,19,21)(H,20,22). The molecule has 0 aliphatic heterocycles. The second-order valence-electron chi connectivity index (χ2n) is 4.87. The average Bonchev–Trinajstić information content (AvgIpc) is 3.04. The number of hydrogen-bond donors (Lipinski definition) is 2. The molecular weight excluding hydrogens is 298 g/mol. The Hall–Kier alpha value is -2.59. The molecule has 0 unspecified atom stereocenters. The van der Waals surface area contributed by atoms with E-state index in [0.717, 1.165) is 22.5 Å². The van der Waals surface area contributed by atoms with Crippen molar-refractivity contribution >= 4 is 23.2 Å². The Bertz CT molecular complexity index is 784. The summed E-state index contributed by atoms with van der Waals surface area (Å²) in [5, 5.41) is 10.3. The second-order valence-corrected chi connectivity index (χ2v) is 5.27. The van der Waals surface area contributed by atoms with Gasteiger partial charge in [-0.15, -0.1) is 0 Å². The zero-order valence-electron chi connectivity index (χ0n) is 11.7. The number of benzene rings is 2. The van der Waals surface area contributed by atoms with Crippen molar-refractivity contribution in [1.82, 2.24) is 10.2 Å². The van der Waals surface area contributed by atoms with Gasteiger partial charge in [0.05, 0.1) is 12.1 Å². The summed E-state index contributed by atoms with van der Waals surface area (Å²) in [7, 11) is 0. The monoisotopic (exact) mass is 311 g/mol. The lowest BCUT2D eigenvalue weighted by molar-refractivity contribution is -0.115. The smallest absolute Gasteiger partial charge is 0.228 e. The summed E-state index contributed by atoms with van der Waals surface area (Å²) in [5.41, 5.74) is 3.42. The van der Waals surface area contributed by atoms with Crippen molar-refractivity contribution < 1.29 is 4.79 Å². The van der Waals surface area contributed by atoms with Gasteiger partial charge in [0, 0.05) is 22.5 Å². The number of H-pyrrole nitrogens is 1. The molecule has 0 aliphatic rings. The minimum atomic E-state index is -0.102. The maximum atomic E-state index is 12.1. The van der Waals surface area contributed by atoms with Crippen molar-refractivity contribution in [3.63, 3.8) is 0 Å². The van der Waals surface area contributed by atoms with E-state index in [4.69, 9.17) is 11.6 Å². The highest BCUT2D eigenvalue weighted by molar-refractivity contribution is 6.31. The summed E-state index contributed by atoms with van der Waals surface area (Å²) in [6.07, 6.45) is 1.94. The number of carbonyl (C=O) groups is 1. The van der Waals surface area contributed by atoms with E-state index in [-0.39, 0.29) is 12.3 Å². The molecular formula is C17H14ClN3O. The lowest BCUT2D eigenvalue weighted by Crippen LogP contribution is -2.14. The lowest BCUT2D eigenvalue weighted by Gasteiger charge is -2.08. The van der Waals surface area contributed by atoms with Gasteiger partial charge in [0.1, 0.15) is 0 Å². The Morgan fingerprint density at radius 2 is 2.00 bits per heavy atom. The number of hydrogen-bond acceptors (Lipinski definition) is 2. The van der Waals surface area contributed by atoms with Crippen LogP contribution in [-0.4, -0.2) is 16.1 Å². The summed E-state index contributed by atoms with van der Waals surface area (Å²) in [5.74, 6) is -0.102. The Labute approximate surface area is 133 Å². The molecule has 0 radical (unpaired) electrons. The van der Waals surface area contributed by atoms with Crippen LogP contribution in [0.25, 0.3) is 11.3 Å². The van der Waals surface area contributed by atoms with Gasteiger partial charge in [0.15, 0.2) is 0 Å². The first kappa shape index (κ1) is 14.4. The maximum absolute atomic E-state index is 12.1. The Balaban J connectivity index is 1.72. The Kier molecular flexibility index (Phi) is 4.21. The van der Waals surface area contributed by atoms with Crippen LogP contribution in [0.4, 0.5) is 5.69 Å². The van der Waals surface area contributed by atoms with Crippen LogP contribution in [0.15, 0.2) is 60.8 Å². The predicted octanol–water partition coefficient (Wildman–Crippen LogP) is 3.91. The highest BCUT2D eigenvalue weighted by Gasteiger charge is 2.08. The van der Waals surface area contributed by atoms with Crippen LogP contribution in [-0.2, 0) is 11.2 Å². The Morgan fingerprint density at radius 3 is 2.77 bits per heavy atom. The number of rotatable bonds is 4. The quantitative estimate of drug-likeness (QED) is 0.767. The number of amides is 1. The fraction of sp³-hybridized carbons (Fsp3) is 0.0588. The molecule has 0 saturated carbocycles. The zero-order chi connectivity index (χ0) is 15.4. The van der Waals surface area contributed by atoms with Crippen molar-refractivity contribution in [2.24, 2.45) is 0 Å². The van der Waals surface area contributed by atoms with Crippen LogP contribution < -0.4 is 5.32 Å². The second kappa shape index (κ2) is 6.45. The van der Waals surface area contributed by atoms with E-state index in [9.17, 15) is 4.79 Å². The third-order valence-electron chi connectivity index (χ3n) is 3.27. The van der Waals surface area contributed by atoms with Crippen LogP contribution in [0.5, 0.6) is 0 Å². The number of halogens is 1. The molecule has 22 heavy (non-hydrogen) atoms. The SMILES string of the molecule is O=C(Cc1ccccc1Cl)Nc1cccc(-c2ccn[nH]2)c1. The minimum absolute atomic E-state index is 0.102. The normalized spacial score (nSPS) is 10.4. The van der Waals surface area contributed by atoms with Crippen molar-refractivity contribution in [3.8, 4) is 11.3 Å². The first-order chi connectivity index (χ1) is 10.7. The molecule has 0 spiro atoms. The number of nitrogens with zero attached hydrogens (tertiary/aromatic N) is 1. The molecule has 0 fully saturated rings. The maximum Gasteiger partial charge on any atom is 0.228 e. The first-order valence-corrected chi connectivity index (χ1v) is 7.23. The van der Waals surface area contributed by atoms with E-state index < -0.39 is 0 Å². The van der Waals surface area contributed by atoms with E-state index in [1.807, 2.05) is 48.5 Å². The fourth-order valence-electron chi connectivity index (χ4n) is 2.20. The van der Waals surface area contributed by atoms with Gasteiger partial charge >= 0.3 is 0 Å². The van der Waals surface area contributed by atoms with Gasteiger partial charge in [0.2, 0.25) is 5.91 Å². The fourth-order valence-corrected chi connectivity index (χ4v) is 2.40. The molecule has 0 atom stereocenters. The van der Waals surface area contributed by atoms with Gasteiger partial charge in [-0.2, -0.15) is 5.10 Å². The molecule has 0 saturated heterocycles. The topological polar surface area (TPSA) is 57.8 Å². The van der Waals surface area contributed by atoms with E-state index in [0.29, 0.717) is 5.02 Å². The first-order valence-electron chi connectivity index (χ1n) is 6.85. The molecule has 2 aromatic carbocycles. The van der Waals surface area contributed by atoms with E-state index in [1.165, 1.54) is 0 Å². The summed E-state index contributed by atoms with van der Waals surface area (Å²) < 4.78 is 0. The summed E-state index contributed by atoms with van der Waals surface area (Å²) in [6.45, 7) is 0. The molecule has 5 heteroatoms. The van der Waals surface area contributed by atoms with Crippen molar-refractivity contribution in [2.45, 2.75) is 6.42 Å². The van der Waals surface area contributed by atoms with Crippen LogP contribution in [0.3, 0.4) is 0 Å². The number of carbonyl (C=O) groups excluding carboxylic acids is 1. The number of aromatic nitrogens is 2. The van der Waals surface area contributed by atoms with Gasteiger partial charge < -0.3 is 5.32 Å². The number of anilines is 1. The van der Waals surface area contributed by atoms with Crippen LogP contribution >= 0.6 is 11.6 Å². The van der Waals surface area contributed by atoms with Gasteiger partial charge in [-0.05, 0) is 29.8 Å². The zero-order valence-corrected chi connectivity index (χ0v) is 12.5. The molecule has 1 aromatic heterocycles. The molecule has 0 bridgehead atoms. The predicted molar refractivity (Wildman–Crippen MR) is 87.8 cm³/mol. The molecule has 4 nitrogen and oxygen atoms in total. The van der Waals surface area contributed by atoms with Crippen molar-refractivity contribution in [3.05, 3.63) is 71.4 Å². The van der Waals surface area contributed by atoms with Gasteiger partial charge in [-0.25, -0.2) is 0 Å². The number of aromatic amines is 1. The average molecular weight is 312 g/mol. The van der Waals surface area contributed by atoms with Gasteiger partial charge in [0.25, 0.3) is 0 Å². The molecule has 2 N–H and O–H groups in total. The van der Waals surface area contributed by atoms with Crippen LogP contribution in [0, 0.1) is 0 Å². The van der Waals surface area contributed by atoms with Crippen LogP contribution in [0.1, 0.15) is 5.56 Å². The summed E-state index contributed by atoms with van der Waals surface area (Å²) >= 11 is 6.07. The van der Waals surface area contributed by atoms with E-state index in [2.05, 4.69) is 15.5 Å². The van der Waals surface area contributed by atoms with E-state index in [1.54, 1.807) is 12.3 Å². The van der Waals surface area contributed by atoms with Crippen LogP contribution in [0.2, 0.25) is 5.02 Å². The van der Waals surface area contributed by atoms with E-state index >= 15 is 0 Å². The van der Waals surface area contributed by atoms with Gasteiger partial charge in [-0.3, -0.25) is 9.89 Å². The molecule has 3 aromatic rings. The van der Waals surface area contributed by atoms with Gasteiger partial charge in [-0.1, -0.05) is 41.9 Å². The highest BCUT2D eigenvalue weighted by atomic mass is 35.5. The summed E-state index contributed by atoms with van der Waals surface area (Å²) in [4.78, 5) is 12.1. The Morgan fingerprint density at radius 1 is 1.14 bits per heavy atom. The molecule has 1 heterocycles. The van der Waals surface area contributed by atoms with Crippen molar-refractivity contribution in [1.29, 1.82) is 0 Å². The van der Waals surface area contributed by atoms with Crippen molar-refractivity contribution in [2.75, 3.05) is 5.32 Å². The summed E-state index contributed by atoms with van der Waals surface area (Å²) in [6, 6.07) is 16.8. The molecule has 0 aliphatic carbocycles. The molecule has 1 amide bonds. The largest absolute Gasteiger partial charge is 0.326 e. The highest BCUT2D eigenvalue weighted by Crippen LogP contribution is 2.21. The minimum Gasteiger partial charge on any atom is -0.326 e. The molecule has 110 valence electrons.